The molecule has 0 saturated carbocycles. The molecule has 374 valence electrons. The van der Waals surface area contributed by atoms with Crippen LogP contribution in [0.1, 0.15) is 58.3 Å². The number of halogens is 3. The zero-order valence-electron chi connectivity index (χ0n) is 38.8. The molecule has 5 aliphatic rings. The van der Waals surface area contributed by atoms with Gasteiger partial charge in [0.25, 0.3) is 0 Å². The van der Waals surface area contributed by atoms with Crippen LogP contribution in [0.15, 0.2) is 115 Å². The highest BCUT2D eigenvalue weighted by molar-refractivity contribution is 9.11. The van der Waals surface area contributed by atoms with Crippen molar-refractivity contribution in [3.63, 3.8) is 0 Å². The van der Waals surface area contributed by atoms with E-state index in [-0.39, 0.29) is 71.2 Å². The lowest BCUT2D eigenvalue weighted by molar-refractivity contribution is -0.385. The minimum Gasteiger partial charge on any atom is -0.506 e. The van der Waals surface area contributed by atoms with E-state index in [1.807, 2.05) is 98.8 Å². The molecule has 6 N–H and O–H groups in total. The molecule has 0 radical (unpaired) electrons. The Labute approximate surface area is 441 Å². The second-order valence-corrected chi connectivity index (χ2v) is 19.5. The summed E-state index contributed by atoms with van der Waals surface area (Å²) in [5.41, 5.74) is 15.5. The van der Waals surface area contributed by atoms with Gasteiger partial charge in [-0.15, -0.1) is 0 Å². The lowest BCUT2D eigenvalue weighted by atomic mass is 9.97. The highest BCUT2D eigenvalue weighted by Crippen LogP contribution is 2.46. The lowest BCUT2D eigenvalue weighted by Crippen LogP contribution is -2.10. The van der Waals surface area contributed by atoms with E-state index in [0.29, 0.717) is 50.3 Å². The molecule has 19 nitrogen and oxygen atoms in total. The molecule has 6 aromatic carbocycles. The third-order valence-corrected chi connectivity index (χ3v) is 14.2. The number of hydrogen-bond donors (Lipinski definition) is 6. The molecule has 0 fully saturated rings. The van der Waals surface area contributed by atoms with Gasteiger partial charge in [-0.25, -0.2) is 0 Å². The SMILES string of the molecule is COc1c([N+](=O)[O-])cc(C2=NNC(c3ccc4c(c3)OCO4)C2)c(O)c1Br.Cc1cc(Br)c(O)c(-c2cc(-c3ccc4c(c3)OCO4)n[nH]2)c1.Cc1cc(Br)c(O)c(C2=NNC(c3ccc4c(c3)OCO4)C2)c1. The largest absolute Gasteiger partial charge is 0.506 e. The highest BCUT2D eigenvalue weighted by atomic mass is 79.9. The minimum absolute atomic E-state index is 0.0415. The molecule has 0 amide bonds. The average Bonchev–Trinajstić information content (AvgIpc) is 4.25. The van der Waals surface area contributed by atoms with Crippen LogP contribution in [-0.4, -0.2) is 69.4 Å². The zero-order chi connectivity index (χ0) is 51.1. The van der Waals surface area contributed by atoms with E-state index in [1.165, 1.54) is 13.2 Å². The number of aromatic hydroxyl groups is 3. The van der Waals surface area contributed by atoms with Crippen molar-refractivity contribution in [3.05, 3.63) is 148 Å². The normalized spacial score (nSPS) is 16.3. The van der Waals surface area contributed by atoms with Crippen molar-refractivity contribution in [3.8, 4) is 80.0 Å². The van der Waals surface area contributed by atoms with Crippen LogP contribution >= 0.6 is 47.8 Å². The third-order valence-electron chi connectivity index (χ3n) is 12.3. The van der Waals surface area contributed by atoms with Gasteiger partial charge in [-0.2, -0.15) is 15.3 Å². The Hall–Kier alpha value is -7.69. The smallest absolute Gasteiger partial charge is 0.313 e. The Morgan fingerprint density at radius 1 is 0.616 bits per heavy atom. The number of H-pyrrole nitrogens is 1. The highest BCUT2D eigenvalue weighted by Gasteiger charge is 2.31. The summed E-state index contributed by atoms with van der Waals surface area (Å²) >= 11 is 9.91. The Morgan fingerprint density at radius 3 is 1.63 bits per heavy atom. The summed E-state index contributed by atoms with van der Waals surface area (Å²) in [5, 5.41) is 58.3. The average molecular weight is 1180 g/mol. The fourth-order valence-electron chi connectivity index (χ4n) is 8.58. The predicted octanol–water partition coefficient (Wildman–Crippen LogP) is 11.1. The van der Waals surface area contributed by atoms with Crippen molar-refractivity contribution in [1.29, 1.82) is 0 Å². The molecule has 6 heterocycles. The summed E-state index contributed by atoms with van der Waals surface area (Å²) in [6.07, 6.45) is 1.13. The van der Waals surface area contributed by atoms with E-state index in [1.54, 1.807) is 0 Å². The number of ether oxygens (including phenoxy) is 7. The first-order valence-electron chi connectivity index (χ1n) is 22.3. The summed E-state index contributed by atoms with van der Waals surface area (Å²) in [4.78, 5) is 10.8. The van der Waals surface area contributed by atoms with Gasteiger partial charge >= 0.3 is 5.69 Å². The van der Waals surface area contributed by atoms with Gasteiger partial charge in [0.1, 0.15) is 21.7 Å². The van der Waals surface area contributed by atoms with Gasteiger partial charge in [0.15, 0.2) is 34.5 Å². The fourth-order valence-corrected chi connectivity index (χ4v) is 10.3. The van der Waals surface area contributed by atoms with E-state index in [4.69, 9.17) is 33.2 Å². The van der Waals surface area contributed by atoms with Crippen LogP contribution in [0.4, 0.5) is 5.69 Å². The van der Waals surface area contributed by atoms with Gasteiger partial charge in [-0.3, -0.25) is 15.2 Å². The summed E-state index contributed by atoms with van der Waals surface area (Å²) in [6.45, 7) is 4.67. The van der Waals surface area contributed by atoms with Crippen LogP contribution in [0.2, 0.25) is 0 Å². The first-order chi connectivity index (χ1) is 35.2. The summed E-state index contributed by atoms with van der Waals surface area (Å²) in [7, 11) is 1.30. The van der Waals surface area contributed by atoms with Crippen LogP contribution in [-0.2, 0) is 0 Å². The van der Waals surface area contributed by atoms with Crippen molar-refractivity contribution in [2.45, 2.75) is 38.8 Å². The molecule has 0 bridgehead atoms. The van der Waals surface area contributed by atoms with E-state index < -0.39 is 4.92 Å². The molecule has 0 spiro atoms. The van der Waals surface area contributed by atoms with Crippen LogP contribution in [0.5, 0.6) is 57.5 Å². The standard InChI is InChI=1S/C17H14BrN3O6.C17H15BrN2O3.C17H13BrN2O3/c1-25-17-12(21(23)24)5-9(16(22)15(17)18)11-6-10(19-20-11)8-2-3-13-14(4-8)27-7-26-13;2*1-9-4-11(17(21)12(18)5-9)14-7-13(19-20-14)10-2-3-15-16(6-10)23-8-22-15/h2-5,10,19,22H,6-7H2,1H3;2-6,13,19,21H,7-8H2,1H3;2-7,21H,8H2,1H3,(H,19,20). The second-order valence-electron chi connectivity index (χ2n) is 17.0. The van der Waals surface area contributed by atoms with Crippen molar-refractivity contribution in [1.82, 2.24) is 21.0 Å². The number of nitro benzene ring substituents is 1. The number of benzene rings is 6. The Morgan fingerprint density at radius 2 is 1.10 bits per heavy atom. The number of nitrogens with zero attached hydrogens (tertiary/aromatic N) is 4. The maximum Gasteiger partial charge on any atom is 0.313 e. The number of rotatable bonds is 8. The Bertz CT molecular complexity index is 3400. The van der Waals surface area contributed by atoms with Crippen LogP contribution in [0.25, 0.3) is 22.5 Å². The van der Waals surface area contributed by atoms with E-state index in [0.717, 1.165) is 67.7 Å². The predicted molar refractivity (Wildman–Crippen MR) is 278 cm³/mol. The molecule has 22 heteroatoms. The first kappa shape index (κ1) is 48.9. The van der Waals surface area contributed by atoms with Crippen molar-refractivity contribution < 1.29 is 53.4 Å². The van der Waals surface area contributed by atoms with Gasteiger partial charge in [0, 0.05) is 41.2 Å². The van der Waals surface area contributed by atoms with E-state index >= 15 is 0 Å². The van der Waals surface area contributed by atoms with Gasteiger partial charge in [0.05, 0.1) is 55.9 Å². The number of hydrazone groups is 2. The molecule has 0 saturated heterocycles. The van der Waals surface area contributed by atoms with Crippen LogP contribution < -0.4 is 44.0 Å². The minimum atomic E-state index is -0.565. The molecule has 7 aromatic rings. The van der Waals surface area contributed by atoms with Gasteiger partial charge in [-0.05, 0) is 157 Å². The number of phenols is 3. The van der Waals surface area contributed by atoms with Gasteiger partial charge < -0.3 is 59.3 Å². The molecule has 5 aliphatic heterocycles. The number of aromatic nitrogens is 2. The van der Waals surface area contributed by atoms with E-state index in [2.05, 4.69) is 79.0 Å². The number of aromatic amines is 1. The molecule has 0 aliphatic carbocycles. The number of nitrogens with one attached hydrogen (secondary N) is 3. The number of methoxy groups -OCH3 is 1. The van der Waals surface area contributed by atoms with Crippen molar-refractivity contribution in [2.24, 2.45) is 10.2 Å². The maximum absolute atomic E-state index is 11.3. The number of phenolic OH excluding ortho intramolecular Hbond substituents is 3. The van der Waals surface area contributed by atoms with Crippen molar-refractivity contribution in [2.75, 3.05) is 27.5 Å². The number of hydrogen-bond acceptors (Lipinski definition) is 17. The summed E-state index contributed by atoms with van der Waals surface area (Å²) < 4.78 is 38.7. The Kier molecular flexibility index (Phi) is 13.7. The topological polar surface area (TPSA) is 246 Å². The molecule has 12 rings (SSSR count). The number of fused-ring (bicyclic) bond motifs is 3. The quantitative estimate of drug-likeness (QED) is 0.0612. The first-order valence-corrected chi connectivity index (χ1v) is 24.7. The molecule has 1 aromatic heterocycles. The molecule has 73 heavy (non-hydrogen) atoms. The van der Waals surface area contributed by atoms with Gasteiger partial charge in [-0.1, -0.05) is 12.1 Å². The van der Waals surface area contributed by atoms with Crippen LogP contribution in [0.3, 0.4) is 0 Å². The summed E-state index contributed by atoms with van der Waals surface area (Å²) in [6, 6.07) is 27.9. The number of nitro groups is 1. The van der Waals surface area contributed by atoms with Crippen LogP contribution in [0, 0.1) is 24.0 Å². The monoisotopic (exact) mass is 1180 g/mol. The fraction of sp³-hybridized carbons (Fsp3) is 0.196. The molecule has 2 unspecified atom stereocenters. The van der Waals surface area contributed by atoms with Gasteiger partial charge in [0.2, 0.25) is 26.1 Å². The molecular formula is C51H42Br3N7O12. The summed E-state index contributed by atoms with van der Waals surface area (Å²) in [5.74, 6) is 4.55. The molecular weight excluding hydrogens is 1140 g/mol. The van der Waals surface area contributed by atoms with Crippen molar-refractivity contribution >= 4 is 64.9 Å². The maximum atomic E-state index is 11.3. The molecule has 2 atom stereocenters. The lowest BCUT2D eigenvalue weighted by Gasteiger charge is -2.12. The van der Waals surface area contributed by atoms with E-state index in [9.17, 15) is 25.4 Å². The third kappa shape index (κ3) is 9.96. The number of aryl methyl sites for hydroxylation is 2. The second kappa shape index (κ2) is 20.4. The Balaban J connectivity index is 0.000000126. The zero-order valence-corrected chi connectivity index (χ0v) is 43.5.